The van der Waals surface area contributed by atoms with Crippen LogP contribution in [0.15, 0.2) is 29.4 Å². The number of carbonyl (C=O) groups excluding carboxylic acids is 2. The fraction of sp³-hybridized carbons (Fsp3) is 0.438. The highest BCUT2D eigenvalue weighted by Crippen LogP contribution is 2.19. The molecule has 0 saturated heterocycles. The number of tetrazole rings is 1. The average molecular weight is 360 g/mol. The number of benzene rings is 1. The number of aromatic nitrogens is 4. The molecular weight excluding hydrogens is 340 g/mol. The SMILES string of the molecule is Cc1cccc(-n2nnnc2SCC(=O)NC(=O)NC2CCCC2)c1. The van der Waals surface area contributed by atoms with E-state index in [0.717, 1.165) is 36.9 Å². The van der Waals surface area contributed by atoms with E-state index in [0.29, 0.717) is 5.16 Å². The van der Waals surface area contributed by atoms with Crippen LogP contribution in [-0.2, 0) is 4.79 Å². The number of nitrogens with zero attached hydrogens (tertiary/aromatic N) is 4. The van der Waals surface area contributed by atoms with Gasteiger partial charge in [0.15, 0.2) is 0 Å². The van der Waals surface area contributed by atoms with E-state index in [1.807, 2.05) is 31.2 Å². The first-order chi connectivity index (χ1) is 12.1. The summed E-state index contributed by atoms with van der Waals surface area (Å²) in [5.41, 5.74) is 1.91. The molecule has 0 radical (unpaired) electrons. The van der Waals surface area contributed by atoms with Gasteiger partial charge in [0, 0.05) is 6.04 Å². The van der Waals surface area contributed by atoms with Crippen LogP contribution in [0.2, 0.25) is 0 Å². The number of amides is 3. The second-order valence-electron chi connectivity index (χ2n) is 6.00. The summed E-state index contributed by atoms with van der Waals surface area (Å²) in [6, 6.07) is 7.49. The molecule has 0 atom stereocenters. The van der Waals surface area contributed by atoms with Gasteiger partial charge in [-0.25, -0.2) is 4.79 Å². The number of urea groups is 1. The van der Waals surface area contributed by atoms with Crippen molar-refractivity contribution in [1.29, 1.82) is 0 Å². The second-order valence-corrected chi connectivity index (χ2v) is 6.95. The Bertz CT molecular complexity index is 757. The highest BCUT2D eigenvalue weighted by Gasteiger charge is 2.18. The minimum Gasteiger partial charge on any atom is -0.335 e. The van der Waals surface area contributed by atoms with Crippen molar-refractivity contribution in [3.63, 3.8) is 0 Å². The average Bonchev–Trinajstić information content (AvgIpc) is 3.24. The lowest BCUT2D eigenvalue weighted by Crippen LogP contribution is -2.44. The van der Waals surface area contributed by atoms with E-state index in [1.165, 1.54) is 11.8 Å². The third-order valence-electron chi connectivity index (χ3n) is 3.96. The van der Waals surface area contributed by atoms with E-state index in [4.69, 9.17) is 0 Å². The summed E-state index contributed by atoms with van der Waals surface area (Å²) < 4.78 is 1.57. The van der Waals surface area contributed by atoms with Crippen molar-refractivity contribution >= 4 is 23.7 Å². The Hall–Kier alpha value is -2.42. The molecule has 1 fully saturated rings. The predicted octanol–water partition coefficient (Wildman–Crippen LogP) is 1.83. The van der Waals surface area contributed by atoms with E-state index in [9.17, 15) is 9.59 Å². The molecule has 0 spiro atoms. The summed E-state index contributed by atoms with van der Waals surface area (Å²) in [7, 11) is 0. The van der Waals surface area contributed by atoms with E-state index < -0.39 is 6.03 Å². The molecule has 0 aliphatic heterocycles. The maximum Gasteiger partial charge on any atom is 0.321 e. The molecule has 1 aromatic heterocycles. The lowest BCUT2D eigenvalue weighted by Gasteiger charge is -2.12. The van der Waals surface area contributed by atoms with Gasteiger partial charge in [-0.05, 0) is 47.9 Å². The highest BCUT2D eigenvalue weighted by molar-refractivity contribution is 7.99. The molecule has 3 rings (SSSR count). The topological polar surface area (TPSA) is 102 Å². The zero-order valence-corrected chi connectivity index (χ0v) is 14.8. The highest BCUT2D eigenvalue weighted by atomic mass is 32.2. The maximum absolute atomic E-state index is 12.0. The van der Waals surface area contributed by atoms with Crippen molar-refractivity contribution in [1.82, 2.24) is 30.8 Å². The fourth-order valence-corrected chi connectivity index (χ4v) is 3.47. The summed E-state index contributed by atoms with van der Waals surface area (Å²) in [6.07, 6.45) is 4.19. The molecule has 2 N–H and O–H groups in total. The monoisotopic (exact) mass is 360 g/mol. The Morgan fingerprint density at radius 2 is 2.12 bits per heavy atom. The number of imide groups is 1. The summed E-state index contributed by atoms with van der Waals surface area (Å²) in [6.45, 7) is 1.98. The molecule has 1 aliphatic rings. The van der Waals surface area contributed by atoms with Gasteiger partial charge < -0.3 is 5.32 Å². The van der Waals surface area contributed by atoms with Crippen LogP contribution in [0.4, 0.5) is 4.79 Å². The van der Waals surface area contributed by atoms with Crippen LogP contribution in [0.3, 0.4) is 0 Å². The Balaban J connectivity index is 1.52. The molecule has 9 heteroatoms. The van der Waals surface area contributed by atoms with Gasteiger partial charge in [0.05, 0.1) is 11.4 Å². The molecule has 132 valence electrons. The Morgan fingerprint density at radius 1 is 1.32 bits per heavy atom. The van der Waals surface area contributed by atoms with Crippen LogP contribution in [0.25, 0.3) is 5.69 Å². The van der Waals surface area contributed by atoms with Crippen LogP contribution in [0.5, 0.6) is 0 Å². The fourth-order valence-electron chi connectivity index (χ4n) is 2.78. The molecule has 0 bridgehead atoms. The maximum atomic E-state index is 12.0. The van der Waals surface area contributed by atoms with Crippen molar-refractivity contribution in [2.24, 2.45) is 0 Å². The number of hydrogen-bond donors (Lipinski definition) is 2. The van der Waals surface area contributed by atoms with Crippen molar-refractivity contribution in [2.45, 2.75) is 43.8 Å². The Labute approximate surface area is 149 Å². The van der Waals surface area contributed by atoms with Gasteiger partial charge in [0.2, 0.25) is 11.1 Å². The normalized spacial score (nSPS) is 14.4. The zero-order chi connectivity index (χ0) is 17.6. The second kappa shape index (κ2) is 8.11. The van der Waals surface area contributed by atoms with E-state index in [2.05, 4.69) is 26.2 Å². The predicted molar refractivity (Wildman–Crippen MR) is 93.5 cm³/mol. The van der Waals surface area contributed by atoms with Crippen LogP contribution < -0.4 is 10.6 Å². The van der Waals surface area contributed by atoms with E-state index in [-0.39, 0.29) is 17.7 Å². The van der Waals surface area contributed by atoms with Crippen molar-refractivity contribution in [3.05, 3.63) is 29.8 Å². The van der Waals surface area contributed by atoms with Gasteiger partial charge in [-0.3, -0.25) is 10.1 Å². The van der Waals surface area contributed by atoms with Gasteiger partial charge in [-0.2, -0.15) is 4.68 Å². The number of thioether (sulfide) groups is 1. The van der Waals surface area contributed by atoms with Crippen LogP contribution in [-0.4, -0.2) is 43.9 Å². The van der Waals surface area contributed by atoms with Crippen LogP contribution in [0, 0.1) is 6.92 Å². The van der Waals surface area contributed by atoms with Gasteiger partial charge in [0.1, 0.15) is 0 Å². The van der Waals surface area contributed by atoms with Crippen LogP contribution in [0.1, 0.15) is 31.2 Å². The minimum atomic E-state index is -0.434. The first kappa shape index (κ1) is 17.4. The lowest BCUT2D eigenvalue weighted by atomic mass is 10.2. The van der Waals surface area contributed by atoms with Crippen molar-refractivity contribution in [2.75, 3.05) is 5.75 Å². The molecular formula is C16H20N6O2S. The summed E-state index contributed by atoms with van der Waals surface area (Å²) >= 11 is 1.18. The molecule has 1 saturated carbocycles. The van der Waals surface area contributed by atoms with E-state index in [1.54, 1.807) is 4.68 Å². The standard InChI is InChI=1S/C16H20N6O2S/c1-11-5-4-8-13(9-11)22-16(19-20-21-22)25-10-14(23)18-15(24)17-12-6-2-3-7-12/h4-5,8-9,12H,2-3,6-7,10H2,1H3,(H2,17,18,23,24). The molecule has 1 aromatic carbocycles. The Morgan fingerprint density at radius 3 is 2.88 bits per heavy atom. The molecule has 3 amide bonds. The van der Waals surface area contributed by atoms with Gasteiger partial charge in [-0.15, -0.1) is 5.10 Å². The summed E-state index contributed by atoms with van der Waals surface area (Å²) in [5, 5.41) is 17.2. The first-order valence-corrected chi connectivity index (χ1v) is 9.19. The summed E-state index contributed by atoms with van der Waals surface area (Å²) in [5.74, 6) is -0.316. The van der Waals surface area contributed by atoms with Gasteiger partial charge in [0.25, 0.3) is 0 Å². The third kappa shape index (κ3) is 4.79. The molecule has 1 aliphatic carbocycles. The number of rotatable bonds is 5. The smallest absolute Gasteiger partial charge is 0.321 e. The number of carbonyl (C=O) groups is 2. The number of hydrogen-bond acceptors (Lipinski definition) is 6. The van der Waals surface area contributed by atoms with Gasteiger partial charge >= 0.3 is 6.03 Å². The number of aryl methyl sites for hydroxylation is 1. The zero-order valence-electron chi connectivity index (χ0n) is 13.9. The van der Waals surface area contributed by atoms with Crippen LogP contribution >= 0.6 is 11.8 Å². The lowest BCUT2D eigenvalue weighted by molar-refractivity contribution is -0.117. The molecule has 0 unspecified atom stereocenters. The largest absolute Gasteiger partial charge is 0.335 e. The minimum absolute atomic E-state index is 0.0598. The quantitative estimate of drug-likeness (QED) is 0.789. The van der Waals surface area contributed by atoms with Crippen molar-refractivity contribution < 1.29 is 9.59 Å². The Kier molecular flexibility index (Phi) is 5.64. The molecule has 8 nitrogen and oxygen atoms in total. The van der Waals surface area contributed by atoms with Crippen molar-refractivity contribution in [3.8, 4) is 5.69 Å². The molecule has 2 aromatic rings. The van der Waals surface area contributed by atoms with Gasteiger partial charge in [-0.1, -0.05) is 36.7 Å². The molecule has 1 heterocycles. The third-order valence-corrected chi connectivity index (χ3v) is 4.88. The van der Waals surface area contributed by atoms with E-state index >= 15 is 0 Å². The number of nitrogens with one attached hydrogen (secondary N) is 2. The summed E-state index contributed by atoms with van der Waals surface area (Å²) in [4.78, 5) is 23.8. The first-order valence-electron chi connectivity index (χ1n) is 8.20. The molecule has 25 heavy (non-hydrogen) atoms.